The Kier molecular flexibility index (Phi) is 3.11. The molecule has 0 aromatic rings. The minimum absolute atomic E-state index is 0.510. The van der Waals surface area contributed by atoms with E-state index in [0.717, 1.165) is 31.6 Å². The lowest BCUT2D eigenvalue weighted by Crippen LogP contribution is -2.37. The standard InChI is InChI=1S/C10H18N2/c1-2-9-4-3-6-10(12,8-11)7-5-9/h9H,2-7,12H2,1H3. The summed E-state index contributed by atoms with van der Waals surface area (Å²) in [4.78, 5) is 0. The van der Waals surface area contributed by atoms with Crippen molar-refractivity contribution in [2.75, 3.05) is 0 Å². The number of nitrogens with zero attached hydrogens (tertiary/aromatic N) is 1. The molecule has 1 rings (SSSR count). The van der Waals surface area contributed by atoms with E-state index in [0.29, 0.717) is 0 Å². The molecule has 0 saturated heterocycles. The minimum Gasteiger partial charge on any atom is -0.313 e. The first-order chi connectivity index (χ1) is 5.70. The highest BCUT2D eigenvalue weighted by Gasteiger charge is 2.28. The normalized spacial score (nSPS) is 36.9. The van der Waals surface area contributed by atoms with Crippen LogP contribution in [0.25, 0.3) is 0 Å². The molecule has 0 aromatic heterocycles. The lowest BCUT2D eigenvalue weighted by atomic mass is 9.92. The zero-order valence-electron chi connectivity index (χ0n) is 7.84. The van der Waals surface area contributed by atoms with Gasteiger partial charge in [0.15, 0.2) is 0 Å². The summed E-state index contributed by atoms with van der Waals surface area (Å²) in [7, 11) is 0. The number of hydrogen-bond donors (Lipinski definition) is 1. The van der Waals surface area contributed by atoms with Crippen LogP contribution in [0.1, 0.15) is 45.4 Å². The first-order valence-electron chi connectivity index (χ1n) is 4.90. The molecule has 68 valence electrons. The van der Waals surface area contributed by atoms with E-state index in [2.05, 4.69) is 13.0 Å². The van der Waals surface area contributed by atoms with Crippen LogP contribution < -0.4 is 5.73 Å². The second-order valence-corrected chi connectivity index (χ2v) is 3.97. The molecule has 0 spiro atoms. The molecule has 2 heteroatoms. The molecular formula is C10H18N2. The predicted octanol–water partition coefficient (Wildman–Crippen LogP) is 2.20. The Morgan fingerprint density at radius 1 is 1.50 bits per heavy atom. The second-order valence-electron chi connectivity index (χ2n) is 3.97. The van der Waals surface area contributed by atoms with Gasteiger partial charge in [-0.2, -0.15) is 5.26 Å². The summed E-state index contributed by atoms with van der Waals surface area (Å²) in [5.41, 5.74) is 5.40. The lowest BCUT2D eigenvalue weighted by Gasteiger charge is -2.18. The van der Waals surface area contributed by atoms with Gasteiger partial charge in [0.2, 0.25) is 0 Å². The van der Waals surface area contributed by atoms with E-state index >= 15 is 0 Å². The predicted molar refractivity (Wildman–Crippen MR) is 49.4 cm³/mol. The fourth-order valence-electron chi connectivity index (χ4n) is 1.96. The lowest BCUT2D eigenvalue weighted by molar-refractivity contribution is 0.426. The first-order valence-corrected chi connectivity index (χ1v) is 4.90. The number of hydrogen-bond acceptors (Lipinski definition) is 2. The van der Waals surface area contributed by atoms with Gasteiger partial charge >= 0.3 is 0 Å². The summed E-state index contributed by atoms with van der Waals surface area (Å²) in [6.45, 7) is 2.22. The third kappa shape index (κ3) is 2.22. The molecule has 12 heavy (non-hydrogen) atoms. The van der Waals surface area contributed by atoms with Gasteiger partial charge in [0.25, 0.3) is 0 Å². The third-order valence-electron chi connectivity index (χ3n) is 3.03. The smallest absolute Gasteiger partial charge is 0.104 e. The van der Waals surface area contributed by atoms with Crippen LogP contribution in [0.2, 0.25) is 0 Å². The molecule has 0 radical (unpaired) electrons. The zero-order chi connectivity index (χ0) is 9.03. The van der Waals surface area contributed by atoms with Crippen LogP contribution in [-0.2, 0) is 0 Å². The molecular weight excluding hydrogens is 148 g/mol. The van der Waals surface area contributed by atoms with Crippen molar-refractivity contribution < 1.29 is 0 Å². The van der Waals surface area contributed by atoms with E-state index in [1.807, 2.05) is 0 Å². The van der Waals surface area contributed by atoms with Crippen molar-refractivity contribution in [2.24, 2.45) is 11.7 Å². The molecule has 2 atom stereocenters. The minimum atomic E-state index is -0.510. The largest absolute Gasteiger partial charge is 0.313 e. The van der Waals surface area contributed by atoms with Gasteiger partial charge < -0.3 is 5.73 Å². The van der Waals surface area contributed by atoms with Crippen molar-refractivity contribution >= 4 is 0 Å². The molecule has 1 aliphatic rings. The maximum absolute atomic E-state index is 8.86. The van der Waals surface area contributed by atoms with Crippen molar-refractivity contribution in [3.8, 4) is 6.07 Å². The fourth-order valence-corrected chi connectivity index (χ4v) is 1.96. The molecule has 0 amide bonds. The van der Waals surface area contributed by atoms with Gasteiger partial charge in [-0.1, -0.05) is 26.2 Å². The zero-order valence-corrected chi connectivity index (χ0v) is 7.84. The quantitative estimate of drug-likeness (QED) is 0.607. The summed E-state index contributed by atoms with van der Waals surface area (Å²) in [6, 6.07) is 2.24. The van der Waals surface area contributed by atoms with E-state index in [4.69, 9.17) is 11.0 Å². The monoisotopic (exact) mass is 166 g/mol. The molecule has 1 aliphatic carbocycles. The van der Waals surface area contributed by atoms with Gasteiger partial charge in [-0.3, -0.25) is 0 Å². The van der Waals surface area contributed by atoms with Gasteiger partial charge in [0, 0.05) is 0 Å². The highest BCUT2D eigenvalue weighted by molar-refractivity contribution is 5.05. The summed E-state index contributed by atoms with van der Waals surface area (Å²) in [6.07, 6.45) is 6.55. The van der Waals surface area contributed by atoms with Gasteiger partial charge in [0.1, 0.15) is 5.54 Å². The molecule has 0 heterocycles. The van der Waals surface area contributed by atoms with Gasteiger partial charge in [-0.25, -0.2) is 0 Å². The number of nitrogens with two attached hydrogens (primary N) is 1. The maximum atomic E-state index is 8.86. The molecule has 2 nitrogen and oxygen atoms in total. The van der Waals surface area contributed by atoms with Crippen LogP contribution in [0.5, 0.6) is 0 Å². The molecule has 1 saturated carbocycles. The number of nitriles is 1. The Labute approximate surface area is 74.8 Å². The van der Waals surface area contributed by atoms with Crippen LogP contribution in [-0.4, -0.2) is 5.54 Å². The van der Waals surface area contributed by atoms with E-state index in [-0.39, 0.29) is 0 Å². The van der Waals surface area contributed by atoms with Crippen molar-refractivity contribution in [3.05, 3.63) is 0 Å². The van der Waals surface area contributed by atoms with Crippen molar-refractivity contribution in [1.29, 1.82) is 5.26 Å². The maximum Gasteiger partial charge on any atom is 0.104 e. The average molecular weight is 166 g/mol. The van der Waals surface area contributed by atoms with Gasteiger partial charge in [-0.15, -0.1) is 0 Å². The molecule has 1 fully saturated rings. The summed E-state index contributed by atoms with van der Waals surface area (Å²) in [5.74, 6) is 0.809. The second kappa shape index (κ2) is 3.91. The Balaban J connectivity index is 2.51. The first kappa shape index (κ1) is 9.54. The van der Waals surface area contributed by atoms with Crippen LogP contribution in [0.4, 0.5) is 0 Å². The average Bonchev–Trinajstić information content (AvgIpc) is 2.28. The Hall–Kier alpha value is -0.550. The molecule has 2 unspecified atom stereocenters. The van der Waals surface area contributed by atoms with Crippen molar-refractivity contribution in [2.45, 2.75) is 51.0 Å². The third-order valence-corrected chi connectivity index (χ3v) is 3.03. The SMILES string of the molecule is CCC1CCCC(N)(C#N)CC1. The van der Waals surface area contributed by atoms with Gasteiger partial charge in [0.05, 0.1) is 6.07 Å². The fraction of sp³-hybridized carbons (Fsp3) is 0.900. The van der Waals surface area contributed by atoms with Crippen LogP contribution in [0.3, 0.4) is 0 Å². The summed E-state index contributed by atoms with van der Waals surface area (Å²) >= 11 is 0. The van der Waals surface area contributed by atoms with Crippen LogP contribution in [0, 0.1) is 17.2 Å². The van der Waals surface area contributed by atoms with Crippen LogP contribution in [0.15, 0.2) is 0 Å². The Morgan fingerprint density at radius 2 is 2.25 bits per heavy atom. The number of rotatable bonds is 1. The molecule has 0 aliphatic heterocycles. The van der Waals surface area contributed by atoms with E-state index in [9.17, 15) is 0 Å². The van der Waals surface area contributed by atoms with Crippen molar-refractivity contribution in [1.82, 2.24) is 0 Å². The Morgan fingerprint density at radius 3 is 2.83 bits per heavy atom. The molecule has 2 N–H and O–H groups in total. The van der Waals surface area contributed by atoms with Crippen molar-refractivity contribution in [3.63, 3.8) is 0 Å². The van der Waals surface area contributed by atoms with Crippen LogP contribution >= 0.6 is 0 Å². The molecule has 0 bridgehead atoms. The Bertz CT molecular complexity index is 183. The summed E-state index contributed by atoms with van der Waals surface area (Å²) in [5, 5.41) is 8.86. The molecule has 0 aromatic carbocycles. The van der Waals surface area contributed by atoms with E-state index in [1.54, 1.807) is 0 Å². The topological polar surface area (TPSA) is 49.8 Å². The highest BCUT2D eigenvalue weighted by Crippen LogP contribution is 2.29. The van der Waals surface area contributed by atoms with E-state index < -0.39 is 5.54 Å². The highest BCUT2D eigenvalue weighted by atomic mass is 14.7. The van der Waals surface area contributed by atoms with Gasteiger partial charge in [-0.05, 0) is 25.2 Å². The summed E-state index contributed by atoms with van der Waals surface area (Å²) < 4.78 is 0. The van der Waals surface area contributed by atoms with E-state index in [1.165, 1.54) is 12.8 Å².